The van der Waals surface area contributed by atoms with Gasteiger partial charge in [0.2, 0.25) is 0 Å². The molecule has 5 heteroatoms. The second-order valence-corrected chi connectivity index (χ2v) is 8.57. The van der Waals surface area contributed by atoms with Crippen molar-refractivity contribution in [3.8, 4) is 5.75 Å². The lowest BCUT2D eigenvalue weighted by atomic mass is 9.58. The SMILES string of the molecule is Clc1cc(OC2CC(Br)C23CCCCC3)c(Cl)cc1Br. The molecule has 3 rings (SSSR count). The third-order valence-electron chi connectivity index (χ3n) is 4.71. The molecule has 0 aromatic heterocycles. The van der Waals surface area contributed by atoms with Crippen molar-refractivity contribution >= 4 is 55.1 Å². The first-order valence-corrected chi connectivity index (χ1v) is 9.45. The van der Waals surface area contributed by atoms with E-state index in [1.807, 2.05) is 6.07 Å². The van der Waals surface area contributed by atoms with Gasteiger partial charge in [0.05, 0.1) is 10.0 Å². The minimum atomic E-state index is 0.252. The Morgan fingerprint density at radius 3 is 2.45 bits per heavy atom. The average molecular weight is 443 g/mol. The summed E-state index contributed by atoms with van der Waals surface area (Å²) in [5, 5.41) is 1.25. The van der Waals surface area contributed by atoms with E-state index < -0.39 is 0 Å². The molecule has 1 nitrogen and oxygen atoms in total. The van der Waals surface area contributed by atoms with Gasteiger partial charge in [-0.25, -0.2) is 0 Å². The average Bonchev–Trinajstić information content (AvgIpc) is 2.45. The molecule has 1 aromatic rings. The van der Waals surface area contributed by atoms with Crippen molar-refractivity contribution in [2.75, 3.05) is 0 Å². The minimum absolute atomic E-state index is 0.252. The normalized spacial score (nSPS) is 28.2. The van der Waals surface area contributed by atoms with Crippen LogP contribution in [0.15, 0.2) is 16.6 Å². The fraction of sp³-hybridized carbons (Fsp3) is 0.600. The van der Waals surface area contributed by atoms with Crippen LogP contribution in [0.25, 0.3) is 0 Å². The van der Waals surface area contributed by atoms with E-state index in [-0.39, 0.29) is 6.10 Å². The lowest BCUT2D eigenvalue weighted by molar-refractivity contribution is -0.0600. The summed E-state index contributed by atoms with van der Waals surface area (Å²) in [5.41, 5.74) is 0.293. The highest BCUT2D eigenvalue weighted by Crippen LogP contribution is 2.56. The first kappa shape index (κ1) is 15.5. The maximum Gasteiger partial charge on any atom is 0.139 e. The van der Waals surface area contributed by atoms with Gasteiger partial charge >= 0.3 is 0 Å². The van der Waals surface area contributed by atoms with Crippen LogP contribution in [0.4, 0.5) is 0 Å². The molecule has 0 aliphatic heterocycles. The predicted molar refractivity (Wildman–Crippen MR) is 91.4 cm³/mol. The predicted octanol–water partition coefficient (Wildman–Crippen LogP) is 6.62. The number of hydrogen-bond acceptors (Lipinski definition) is 1. The first-order chi connectivity index (χ1) is 9.53. The van der Waals surface area contributed by atoms with Crippen LogP contribution in [0.5, 0.6) is 5.75 Å². The monoisotopic (exact) mass is 440 g/mol. The standard InChI is InChI=1S/C15H16Br2Cl2O/c16-9-6-11(19)12(7-10(9)18)20-14-8-13(17)15(14)4-2-1-3-5-15/h6-7,13-14H,1-5,8H2. The molecule has 0 bridgehead atoms. The highest BCUT2D eigenvalue weighted by Gasteiger charge is 2.55. The van der Waals surface area contributed by atoms with Crippen LogP contribution in [0.2, 0.25) is 10.0 Å². The van der Waals surface area contributed by atoms with Crippen molar-refractivity contribution in [2.24, 2.45) is 5.41 Å². The van der Waals surface area contributed by atoms with Crippen LogP contribution in [0, 0.1) is 5.41 Å². The Labute approximate surface area is 146 Å². The van der Waals surface area contributed by atoms with E-state index in [0.717, 1.165) is 10.9 Å². The highest BCUT2D eigenvalue weighted by atomic mass is 79.9. The lowest BCUT2D eigenvalue weighted by Gasteiger charge is -2.55. The van der Waals surface area contributed by atoms with Crippen molar-refractivity contribution in [3.05, 3.63) is 26.7 Å². The van der Waals surface area contributed by atoms with Gasteiger partial charge in [0.15, 0.2) is 0 Å². The molecule has 2 unspecified atom stereocenters. The first-order valence-electron chi connectivity index (χ1n) is 6.98. The zero-order chi connectivity index (χ0) is 14.3. The molecule has 2 aliphatic rings. The molecule has 110 valence electrons. The Hall–Kier alpha value is 0.560. The second kappa shape index (κ2) is 5.98. The Morgan fingerprint density at radius 1 is 1.10 bits per heavy atom. The van der Waals surface area contributed by atoms with Crippen LogP contribution < -0.4 is 4.74 Å². The van der Waals surface area contributed by atoms with Crippen molar-refractivity contribution in [1.29, 1.82) is 0 Å². The number of rotatable bonds is 2. The summed E-state index contributed by atoms with van der Waals surface area (Å²) in [7, 11) is 0. The van der Waals surface area contributed by atoms with Gasteiger partial charge in [-0.2, -0.15) is 0 Å². The summed E-state index contributed by atoms with van der Waals surface area (Å²) in [6.45, 7) is 0. The van der Waals surface area contributed by atoms with Crippen molar-refractivity contribution in [2.45, 2.75) is 49.5 Å². The lowest BCUT2D eigenvalue weighted by Crippen LogP contribution is -2.57. The zero-order valence-electron chi connectivity index (χ0n) is 11.0. The third kappa shape index (κ3) is 2.64. The largest absolute Gasteiger partial charge is 0.488 e. The number of ether oxygens (including phenoxy) is 1. The molecule has 2 fully saturated rings. The Bertz CT molecular complexity index is 515. The molecule has 0 amide bonds. The molecule has 2 aliphatic carbocycles. The van der Waals surface area contributed by atoms with E-state index in [2.05, 4.69) is 31.9 Å². The van der Waals surface area contributed by atoms with Crippen molar-refractivity contribution in [1.82, 2.24) is 0 Å². The summed E-state index contributed by atoms with van der Waals surface area (Å²) in [5.74, 6) is 0.703. The quantitative estimate of drug-likeness (QED) is 0.369. The summed E-state index contributed by atoms with van der Waals surface area (Å²) >= 11 is 19.6. The van der Waals surface area contributed by atoms with Gasteiger partial charge < -0.3 is 4.74 Å². The van der Waals surface area contributed by atoms with Gasteiger partial charge in [0, 0.05) is 20.8 Å². The van der Waals surface area contributed by atoms with Gasteiger partial charge in [-0.05, 0) is 41.3 Å². The van der Waals surface area contributed by atoms with Gasteiger partial charge in [0.25, 0.3) is 0 Å². The second-order valence-electron chi connectivity index (χ2n) is 5.80. The fourth-order valence-electron chi connectivity index (χ4n) is 3.46. The van der Waals surface area contributed by atoms with E-state index in [1.54, 1.807) is 6.07 Å². The molecule has 0 heterocycles. The van der Waals surface area contributed by atoms with E-state index in [9.17, 15) is 0 Å². The van der Waals surface area contributed by atoms with Gasteiger partial charge in [-0.1, -0.05) is 58.4 Å². The van der Waals surface area contributed by atoms with Gasteiger partial charge in [-0.3, -0.25) is 0 Å². The van der Waals surface area contributed by atoms with Crippen LogP contribution >= 0.6 is 55.1 Å². The molecule has 2 atom stereocenters. The van der Waals surface area contributed by atoms with Crippen molar-refractivity contribution in [3.63, 3.8) is 0 Å². The minimum Gasteiger partial charge on any atom is -0.488 e. The summed E-state index contributed by atoms with van der Waals surface area (Å²) in [6, 6.07) is 3.61. The van der Waals surface area contributed by atoms with Crippen LogP contribution in [0.3, 0.4) is 0 Å². The van der Waals surface area contributed by atoms with E-state index in [0.29, 0.717) is 26.0 Å². The van der Waals surface area contributed by atoms with E-state index in [4.69, 9.17) is 27.9 Å². The maximum atomic E-state index is 6.27. The van der Waals surface area contributed by atoms with Crippen LogP contribution in [-0.2, 0) is 0 Å². The molecule has 0 radical (unpaired) electrons. The Kier molecular flexibility index (Phi) is 4.62. The topological polar surface area (TPSA) is 9.23 Å². The van der Waals surface area contributed by atoms with E-state index in [1.165, 1.54) is 32.1 Å². The smallest absolute Gasteiger partial charge is 0.139 e. The summed E-state index contributed by atoms with van der Waals surface area (Å²) in [4.78, 5) is 0.574. The molecule has 20 heavy (non-hydrogen) atoms. The molecule has 1 spiro atoms. The fourth-order valence-corrected chi connectivity index (χ4v) is 5.39. The Balaban J connectivity index is 1.80. The highest BCUT2D eigenvalue weighted by molar-refractivity contribution is 9.10. The molecular weight excluding hydrogens is 427 g/mol. The van der Waals surface area contributed by atoms with E-state index >= 15 is 0 Å². The zero-order valence-corrected chi connectivity index (χ0v) is 15.7. The van der Waals surface area contributed by atoms with Crippen molar-refractivity contribution < 1.29 is 4.74 Å². The van der Waals surface area contributed by atoms with Gasteiger partial charge in [0.1, 0.15) is 11.9 Å². The molecular formula is C15H16Br2Cl2O. The number of hydrogen-bond donors (Lipinski definition) is 0. The third-order valence-corrected chi connectivity index (χ3v) is 7.49. The molecule has 2 saturated carbocycles. The van der Waals surface area contributed by atoms with Gasteiger partial charge in [-0.15, -0.1) is 0 Å². The van der Waals surface area contributed by atoms with Crippen LogP contribution in [-0.4, -0.2) is 10.9 Å². The summed E-state index contributed by atoms with van der Waals surface area (Å²) < 4.78 is 7.02. The van der Waals surface area contributed by atoms with Crippen LogP contribution in [0.1, 0.15) is 38.5 Å². The maximum absolute atomic E-state index is 6.27. The number of alkyl halides is 1. The molecule has 0 N–H and O–H groups in total. The number of benzene rings is 1. The number of halogens is 4. The molecule has 0 saturated heterocycles. The Morgan fingerprint density at radius 2 is 1.80 bits per heavy atom. The summed E-state index contributed by atoms with van der Waals surface area (Å²) in [6.07, 6.45) is 7.74. The molecule has 1 aromatic carbocycles.